The summed E-state index contributed by atoms with van der Waals surface area (Å²) in [6, 6.07) is 86.3. The molecule has 1 aliphatic rings. The third-order valence-corrected chi connectivity index (χ3v) is 14.1. The van der Waals surface area contributed by atoms with Gasteiger partial charge in [-0.1, -0.05) is 186 Å². The first kappa shape index (κ1) is 40.3. The summed E-state index contributed by atoms with van der Waals surface area (Å²) < 4.78 is 0. The topological polar surface area (TPSA) is 6.48 Å². The lowest BCUT2D eigenvalue weighted by molar-refractivity contribution is 0.776. The van der Waals surface area contributed by atoms with Gasteiger partial charge >= 0.3 is 0 Å². The minimum atomic E-state index is -0.699. The number of hydrogen-bond donors (Lipinski definition) is 0. The van der Waals surface area contributed by atoms with Crippen LogP contribution >= 0.6 is 0 Å². The number of hydrogen-bond acceptors (Lipinski definition) is 2. The summed E-state index contributed by atoms with van der Waals surface area (Å²) in [6.45, 7) is 8.63. The molecule has 0 spiro atoms. The molecule has 0 radical (unpaired) electrons. The van der Waals surface area contributed by atoms with Crippen LogP contribution in [0.15, 0.2) is 231 Å². The van der Waals surface area contributed by atoms with Crippen LogP contribution in [0.5, 0.6) is 0 Å². The van der Waals surface area contributed by atoms with Crippen molar-refractivity contribution in [2.45, 2.75) is 33.1 Å². The Morgan fingerprint density at radius 3 is 1.15 bits per heavy atom. The molecule has 320 valence electrons. The van der Waals surface area contributed by atoms with Crippen molar-refractivity contribution >= 4 is 66.4 Å². The highest BCUT2D eigenvalue weighted by molar-refractivity contribution is 6.24. The van der Waals surface area contributed by atoms with Gasteiger partial charge < -0.3 is 9.80 Å². The summed E-state index contributed by atoms with van der Waals surface area (Å²) in [7, 11) is 0. The van der Waals surface area contributed by atoms with E-state index in [0.29, 0.717) is 0 Å². The molecular weight excluding hydrogens is 809 g/mol. The van der Waals surface area contributed by atoms with E-state index in [1.54, 1.807) is 0 Å². The highest BCUT2D eigenvalue weighted by Gasteiger charge is 2.49. The van der Waals surface area contributed by atoms with Crippen LogP contribution in [0.25, 0.3) is 43.4 Å². The van der Waals surface area contributed by atoms with E-state index in [1.165, 1.54) is 88.0 Å². The molecule has 2 nitrogen and oxygen atoms in total. The molecular formula is C65H50N2. The SMILES string of the molecule is Cc1ccc(N(c2ccc(C)cc2)c2ccc3c4c(c5ccccc5c3c2)-c2c(cc(N(c3ccc(C)cc3)c3ccc(C)cc3)c3ccccc23)C4(c2ccccc2)c2ccccc2)cc1. The molecule has 0 aliphatic heterocycles. The van der Waals surface area contributed by atoms with Crippen LogP contribution in [0.4, 0.5) is 34.1 Å². The molecule has 12 rings (SSSR count). The van der Waals surface area contributed by atoms with Crippen molar-refractivity contribution in [1.29, 1.82) is 0 Å². The first-order valence-electron chi connectivity index (χ1n) is 23.4. The van der Waals surface area contributed by atoms with Gasteiger partial charge in [0.2, 0.25) is 0 Å². The van der Waals surface area contributed by atoms with Crippen LogP contribution in [0.3, 0.4) is 0 Å². The number of anilines is 6. The van der Waals surface area contributed by atoms with E-state index in [4.69, 9.17) is 0 Å². The summed E-state index contributed by atoms with van der Waals surface area (Å²) in [5.74, 6) is 0. The number of rotatable bonds is 8. The molecule has 0 aromatic heterocycles. The van der Waals surface area contributed by atoms with Gasteiger partial charge in [-0.25, -0.2) is 0 Å². The zero-order valence-corrected chi connectivity index (χ0v) is 38.3. The maximum Gasteiger partial charge on any atom is 0.0720 e. The molecule has 11 aromatic rings. The Kier molecular flexibility index (Phi) is 9.66. The van der Waals surface area contributed by atoms with Gasteiger partial charge in [0.05, 0.1) is 11.1 Å². The Balaban J connectivity index is 1.24. The van der Waals surface area contributed by atoms with E-state index in [2.05, 4.69) is 268 Å². The second-order valence-corrected chi connectivity index (χ2v) is 18.4. The molecule has 0 fully saturated rings. The van der Waals surface area contributed by atoms with Gasteiger partial charge in [-0.2, -0.15) is 0 Å². The van der Waals surface area contributed by atoms with Crippen LogP contribution in [-0.2, 0) is 5.41 Å². The van der Waals surface area contributed by atoms with E-state index < -0.39 is 5.41 Å². The molecule has 2 heteroatoms. The van der Waals surface area contributed by atoms with Crippen LogP contribution in [0.2, 0.25) is 0 Å². The second kappa shape index (κ2) is 16.0. The monoisotopic (exact) mass is 858 g/mol. The smallest absolute Gasteiger partial charge is 0.0720 e. The third-order valence-electron chi connectivity index (χ3n) is 14.1. The Hall–Kier alpha value is -8.20. The number of benzene rings is 11. The zero-order chi connectivity index (χ0) is 45.2. The van der Waals surface area contributed by atoms with E-state index >= 15 is 0 Å². The first-order valence-corrected chi connectivity index (χ1v) is 23.4. The largest absolute Gasteiger partial charge is 0.310 e. The molecule has 1 aliphatic carbocycles. The lowest BCUT2D eigenvalue weighted by Gasteiger charge is -2.36. The molecule has 0 amide bonds. The Labute approximate surface area is 393 Å². The van der Waals surface area contributed by atoms with Gasteiger partial charge in [0, 0.05) is 33.8 Å². The maximum absolute atomic E-state index is 2.54. The van der Waals surface area contributed by atoms with E-state index in [1.807, 2.05) is 0 Å². The van der Waals surface area contributed by atoms with Gasteiger partial charge in [0.15, 0.2) is 0 Å². The summed E-state index contributed by atoms with van der Waals surface area (Å²) in [6.07, 6.45) is 0. The average molecular weight is 859 g/mol. The van der Waals surface area contributed by atoms with E-state index in [-0.39, 0.29) is 0 Å². The summed E-state index contributed by atoms with van der Waals surface area (Å²) >= 11 is 0. The van der Waals surface area contributed by atoms with Crippen molar-refractivity contribution < 1.29 is 0 Å². The van der Waals surface area contributed by atoms with Crippen molar-refractivity contribution in [1.82, 2.24) is 0 Å². The highest BCUT2D eigenvalue weighted by atomic mass is 15.1. The van der Waals surface area contributed by atoms with Crippen LogP contribution < -0.4 is 9.80 Å². The quantitative estimate of drug-likeness (QED) is 0.141. The van der Waals surface area contributed by atoms with Crippen molar-refractivity contribution in [3.63, 3.8) is 0 Å². The maximum atomic E-state index is 2.54. The summed E-state index contributed by atoms with van der Waals surface area (Å²) in [5, 5.41) is 7.40. The second-order valence-electron chi connectivity index (χ2n) is 18.4. The van der Waals surface area contributed by atoms with Crippen molar-refractivity contribution in [2.24, 2.45) is 0 Å². The average Bonchev–Trinajstić information content (AvgIpc) is 3.69. The molecule has 11 aromatic carbocycles. The molecule has 0 bridgehead atoms. The Bertz CT molecular complexity index is 3500. The van der Waals surface area contributed by atoms with Gasteiger partial charge in [-0.15, -0.1) is 0 Å². The normalized spacial score (nSPS) is 12.6. The Morgan fingerprint density at radius 2 is 0.672 bits per heavy atom. The minimum Gasteiger partial charge on any atom is -0.310 e. The van der Waals surface area contributed by atoms with Crippen LogP contribution in [-0.4, -0.2) is 0 Å². The van der Waals surface area contributed by atoms with Crippen molar-refractivity contribution in [2.75, 3.05) is 9.80 Å². The van der Waals surface area contributed by atoms with Gasteiger partial charge in [-0.3, -0.25) is 0 Å². The number of aryl methyl sites for hydroxylation is 4. The van der Waals surface area contributed by atoms with Gasteiger partial charge in [0.25, 0.3) is 0 Å². The molecule has 0 atom stereocenters. The van der Waals surface area contributed by atoms with Gasteiger partial charge in [-0.05, 0) is 155 Å². The third kappa shape index (κ3) is 6.47. The molecule has 0 saturated carbocycles. The van der Waals surface area contributed by atoms with E-state index in [0.717, 1.165) is 34.1 Å². The van der Waals surface area contributed by atoms with Crippen LogP contribution in [0, 0.1) is 27.7 Å². The van der Waals surface area contributed by atoms with Crippen molar-refractivity contribution in [3.8, 4) is 11.1 Å². The lowest BCUT2D eigenvalue weighted by atomic mass is 9.66. The molecule has 0 heterocycles. The standard InChI is InChI=1S/C65H50N2/c1-43-23-31-49(32-24-43)66(50-33-25-44(2)26-34-50)53-39-40-58-59(41-53)54-19-11-13-21-56(54)63-62-57-22-14-12-20-55(57)61(67(51-35-27-45(3)28-36-51)52-37-29-46(4)30-38-52)42-60(62)65(64(58)63,47-15-7-5-8-16-47)48-17-9-6-10-18-48/h5-42H,1-4H3. The fourth-order valence-corrected chi connectivity index (χ4v) is 11.0. The predicted molar refractivity (Wildman–Crippen MR) is 285 cm³/mol. The fourth-order valence-electron chi connectivity index (χ4n) is 11.0. The molecule has 0 unspecified atom stereocenters. The van der Waals surface area contributed by atoms with Crippen molar-refractivity contribution in [3.05, 3.63) is 275 Å². The van der Waals surface area contributed by atoms with Crippen LogP contribution in [0.1, 0.15) is 44.5 Å². The fraction of sp³-hybridized carbons (Fsp3) is 0.0769. The number of nitrogens with zero attached hydrogens (tertiary/aromatic N) is 2. The minimum absolute atomic E-state index is 0.699. The first-order chi connectivity index (χ1) is 32.9. The molecule has 0 N–H and O–H groups in total. The Morgan fingerprint density at radius 1 is 0.284 bits per heavy atom. The van der Waals surface area contributed by atoms with Gasteiger partial charge in [0.1, 0.15) is 0 Å². The zero-order valence-electron chi connectivity index (χ0n) is 38.3. The molecule has 0 saturated heterocycles. The van der Waals surface area contributed by atoms with E-state index in [9.17, 15) is 0 Å². The molecule has 67 heavy (non-hydrogen) atoms. The summed E-state index contributed by atoms with van der Waals surface area (Å²) in [5.41, 5.74) is 18.7. The predicted octanol–water partition coefficient (Wildman–Crippen LogP) is 17.7. The highest BCUT2D eigenvalue weighted by Crippen LogP contribution is 2.63. The number of fused-ring (bicyclic) bond motifs is 10. The summed E-state index contributed by atoms with van der Waals surface area (Å²) in [4.78, 5) is 4.87. The lowest BCUT2D eigenvalue weighted by Crippen LogP contribution is -2.29.